The van der Waals surface area contributed by atoms with Crippen LogP contribution in [0.2, 0.25) is 0 Å². The maximum absolute atomic E-state index is 14.6. The largest absolute Gasteiger partial charge is 0.370 e. The van der Waals surface area contributed by atoms with E-state index in [4.69, 9.17) is 0 Å². The maximum atomic E-state index is 14.6. The van der Waals surface area contributed by atoms with E-state index < -0.39 is 5.82 Å². The van der Waals surface area contributed by atoms with Crippen molar-refractivity contribution in [2.24, 2.45) is 0 Å². The van der Waals surface area contributed by atoms with Crippen LogP contribution in [-0.4, -0.2) is 74.4 Å². The van der Waals surface area contributed by atoms with Crippen LogP contribution in [0.4, 0.5) is 16.2 Å². The molecule has 1 fully saturated rings. The van der Waals surface area contributed by atoms with Crippen molar-refractivity contribution >= 4 is 34.5 Å². The number of aromatic nitrogens is 5. The lowest BCUT2D eigenvalue weighted by molar-refractivity contribution is -0.129. The number of halogens is 1. The van der Waals surface area contributed by atoms with Gasteiger partial charge in [-0.2, -0.15) is 0 Å². The number of likely N-dealkylation sites (tertiary alicyclic amines) is 1. The first kappa shape index (κ1) is 26.9. The number of nitrogens with one attached hydrogen (secondary N) is 3. The Morgan fingerprint density at radius 2 is 1.82 bits per heavy atom. The molecule has 0 unspecified atom stereocenters. The second-order valence-electron chi connectivity index (χ2n) is 9.55. The minimum Gasteiger partial charge on any atom is -0.370 e. The van der Waals surface area contributed by atoms with Crippen molar-refractivity contribution in [3.63, 3.8) is 0 Å². The third-order valence-electron chi connectivity index (χ3n) is 6.99. The Hall–Kier alpha value is -4.74. The molecular weight excluding hydrogens is 513 g/mol. The van der Waals surface area contributed by atoms with Gasteiger partial charge in [-0.25, -0.2) is 24.3 Å². The van der Waals surface area contributed by atoms with Crippen LogP contribution in [0.25, 0.3) is 22.2 Å². The Kier molecular flexibility index (Phi) is 8.04. The SMILES string of the molecule is CNC(=O)c1ccnc2c(CCNc3cc(-c4cnc(NC5CCN(C(C)=O)CC5)nc4)ncn3)ccc(F)c12. The number of benzene rings is 1. The van der Waals surface area contributed by atoms with Gasteiger partial charge in [-0.1, -0.05) is 6.07 Å². The van der Waals surface area contributed by atoms with Gasteiger partial charge in [0.25, 0.3) is 5.91 Å². The Balaban J connectivity index is 1.21. The molecule has 3 aromatic heterocycles. The zero-order valence-corrected chi connectivity index (χ0v) is 22.3. The molecule has 11 nitrogen and oxygen atoms in total. The average Bonchev–Trinajstić information content (AvgIpc) is 2.98. The molecule has 0 aliphatic carbocycles. The first-order chi connectivity index (χ1) is 19.4. The zero-order chi connectivity index (χ0) is 28.1. The summed E-state index contributed by atoms with van der Waals surface area (Å²) in [5, 5.41) is 9.38. The molecule has 1 aliphatic heterocycles. The number of carbonyl (C=O) groups is 2. The molecule has 40 heavy (non-hydrogen) atoms. The summed E-state index contributed by atoms with van der Waals surface area (Å²) in [6.07, 6.45) is 8.65. The van der Waals surface area contributed by atoms with Crippen molar-refractivity contribution in [2.45, 2.75) is 32.2 Å². The molecule has 2 amide bonds. The number of rotatable bonds is 8. The quantitative estimate of drug-likeness (QED) is 0.306. The summed E-state index contributed by atoms with van der Waals surface area (Å²) in [5.74, 6) is 0.417. The van der Waals surface area contributed by atoms with Gasteiger partial charge in [0.05, 0.1) is 16.8 Å². The predicted octanol–water partition coefficient (Wildman–Crippen LogP) is 3.06. The van der Waals surface area contributed by atoms with E-state index in [0.717, 1.165) is 37.1 Å². The summed E-state index contributed by atoms with van der Waals surface area (Å²) in [6.45, 7) is 3.56. The van der Waals surface area contributed by atoms with Crippen molar-refractivity contribution in [1.82, 2.24) is 35.1 Å². The first-order valence-electron chi connectivity index (χ1n) is 13.1. The highest BCUT2D eigenvalue weighted by molar-refractivity contribution is 6.06. The van der Waals surface area contributed by atoms with E-state index in [-0.39, 0.29) is 28.8 Å². The zero-order valence-electron chi connectivity index (χ0n) is 22.3. The van der Waals surface area contributed by atoms with Gasteiger partial charge in [-0.3, -0.25) is 14.6 Å². The molecule has 0 radical (unpaired) electrons. The molecule has 1 saturated heterocycles. The molecule has 1 aromatic carbocycles. The summed E-state index contributed by atoms with van der Waals surface area (Å²) < 4.78 is 14.6. The van der Waals surface area contributed by atoms with E-state index in [1.165, 1.54) is 31.7 Å². The van der Waals surface area contributed by atoms with Crippen LogP contribution in [0.15, 0.2) is 49.2 Å². The molecule has 12 heteroatoms. The normalized spacial score (nSPS) is 13.7. The Morgan fingerprint density at radius 1 is 1.05 bits per heavy atom. The van der Waals surface area contributed by atoms with Gasteiger partial charge >= 0.3 is 0 Å². The number of pyridine rings is 1. The van der Waals surface area contributed by atoms with Crippen molar-refractivity contribution in [3.8, 4) is 11.3 Å². The number of amides is 2. The third-order valence-corrected chi connectivity index (χ3v) is 6.99. The van der Waals surface area contributed by atoms with Gasteiger partial charge in [-0.05, 0) is 37.0 Å². The van der Waals surface area contributed by atoms with Gasteiger partial charge in [0.1, 0.15) is 18.0 Å². The lowest BCUT2D eigenvalue weighted by Crippen LogP contribution is -2.41. The molecule has 5 rings (SSSR count). The summed E-state index contributed by atoms with van der Waals surface area (Å²) >= 11 is 0. The smallest absolute Gasteiger partial charge is 0.251 e. The highest BCUT2D eigenvalue weighted by atomic mass is 19.1. The van der Waals surface area contributed by atoms with Gasteiger partial charge < -0.3 is 20.9 Å². The minimum atomic E-state index is -0.486. The number of nitrogens with zero attached hydrogens (tertiary/aromatic N) is 6. The van der Waals surface area contributed by atoms with E-state index in [2.05, 4.69) is 40.9 Å². The molecular formula is C28H30FN9O2. The van der Waals surface area contributed by atoms with Crippen LogP contribution in [-0.2, 0) is 11.2 Å². The van der Waals surface area contributed by atoms with Crippen molar-refractivity contribution in [1.29, 1.82) is 0 Å². The predicted molar refractivity (Wildman–Crippen MR) is 149 cm³/mol. The van der Waals surface area contributed by atoms with Crippen LogP contribution < -0.4 is 16.0 Å². The number of anilines is 2. The molecule has 0 atom stereocenters. The van der Waals surface area contributed by atoms with Crippen molar-refractivity contribution in [2.75, 3.05) is 37.3 Å². The Bertz CT molecular complexity index is 1520. The standard InChI is InChI=1S/C28H30FN9O2/c1-17(39)38-11-7-20(8-12-38)37-28-33-14-19(15-34-28)23-13-24(36-16-35-23)31-9-5-18-3-4-22(29)25-21(27(40)30-2)6-10-32-26(18)25/h3-4,6,10,13-16,20H,5,7-9,11-12H2,1-2H3,(H,30,40)(H,31,35,36)(H,33,34,37). The fraction of sp³-hybridized carbons (Fsp3) is 0.321. The van der Waals surface area contributed by atoms with Crippen LogP contribution in [0.1, 0.15) is 35.7 Å². The Morgan fingerprint density at radius 3 is 2.55 bits per heavy atom. The van der Waals surface area contributed by atoms with Gasteiger partial charge in [0.15, 0.2) is 0 Å². The van der Waals surface area contributed by atoms with Crippen molar-refractivity contribution < 1.29 is 14.0 Å². The molecule has 4 heterocycles. The second-order valence-corrected chi connectivity index (χ2v) is 9.55. The fourth-order valence-electron chi connectivity index (χ4n) is 4.80. The molecule has 206 valence electrons. The van der Waals surface area contributed by atoms with E-state index in [1.54, 1.807) is 25.4 Å². The van der Waals surface area contributed by atoms with Gasteiger partial charge in [0.2, 0.25) is 11.9 Å². The summed E-state index contributed by atoms with van der Waals surface area (Å²) in [6, 6.07) is 6.60. The number of piperidine rings is 1. The maximum Gasteiger partial charge on any atom is 0.251 e. The lowest BCUT2D eigenvalue weighted by Gasteiger charge is -2.31. The highest BCUT2D eigenvalue weighted by Gasteiger charge is 2.21. The fourth-order valence-corrected chi connectivity index (χ4v) is 4.80. The second kappa shape index (κ2) is 12.0. The highest BCUT2D eigenvalue weighted by Crippen LogP contribution is 2.25. The minimum absolute atomic E-state index is 0.107. The van der Waals surface area contributed by atoms with Gasteiger partial charge in [0, 0.05) is 75.3 Å². The number of hydrogen-bond acceptors (Lipinski definition) is 9. The average molecular weight is 544 g/mol. The van der Waals surface area contributed by atoms with Crippen LogP contribution in [0.3, 0.4) is 0 Å². The molecule has 0 spiro atoms. The third kappa shape index (κ3) is 5.95. The molecule has 0 bridgehead atoms. The summed E-state index contributed by atoms with van der Waals surface area (Å²) in [7, 11) is 1.51. The van der Waals surface area contributed by atoms with E-state index in [0.29, 0.717) is 35.9 Å². The van der Waals surface area contributed by atoms with E-state index >= 15 is 0 Å². The lowest BCUT2D eigenvalue weighted by atomic mass is 10.0. The monoisotopic (exact) mass is 543 g/mol. The summed E-state index contributed by atoms with van der Waals surface area (Å²) in [4.78, 5) is 47.5. The number of hydrogen-bond donors (Lipinski definition) is 3. The topological polar surface area (TPSA) is 138 Å². The van der Waals surface area contributed by atoms with Crippen LogP contribution >= 0.6 is 0 Å². The molecule has 3 N–H and O–H groups in total. The Labute approximate surface area is 230 Å². The van der Waals surface area contributed by atoms with Crippen LogP contribution in [0, 0.1) is 5.82 Å². The number of carbonyl (C=O) groups excluding carboxylic acids is 2. The summed E-state index contributed by atoms with van der Waals surface area (Å²) in [5.41, 5.74) is 2.94. The molecule has 4 aromatic rings. The van der Waals surface area contributed by atoms with Crippen LogP contribution in [0.5, 0.6) is 0 Å². The van der Waals surface area contributed by atoms with Crippen molar-refractivity contribution in [3.05, 3.63) is 66.1 Å². The van der Waals surface area contributed by atoms with Gasteiger partial charge in [-0.15, -0.1) is 0 Å². The molecule has 0 saturated carbocycles. The first-order valence-corrected chi connectivity index (χ1v) is 13.1. The number of fused-ring (bicyclic) bond motifs is 1. The molecule has 1 aliphatic rings. The van der Waals surface area contributed by atoms with E-state index in [1.807, 2.05) is 11.0 Å². The van der Waals surface area contributed by atoms with E-state index in [9.17, 15) is 14.0 Å².